The maximum atomic E-state index is 14.3. The molecule has 1 unspecified atom stereocenters. The van der Waals surface area contributed by atoms with E-state index in [1.807, 2.05) is 27.8 Å². The summed E-state index contributed by atoms with van der Waals surface area (Å²) in [6.07, 6.45) is 4.32. The summed E-state index contributed by atoms with van der Waals surface area (Å²) in [5.41, 5.74) is 0.272. The van der Waals surface area contributed by atoms with Crippen molar-refractivity contribution in [3.8, 4) is 11.6 Å². The number of ether oxygens (including phenoxy) is 2. The van der Waals surface area contributed by atoms with Gasteiger partial charge in [-0.1, -0.05) is 13.8 Å². The van der Waals surface area contributed by atoms with Crippen molar-refractivity contribution in [2.75, 3.05) is 71.4 Å². The van der Waals surface area contributed by atoms with E-state index in [1.54, 1.807) is 9.80 Å². The highest BCUT2D eigenvalue weighted by atomic mass is 19.1. The van der Waals surface area contributed by atoms with Gasteiger partial charge in [0.1, 0.15) is 17.9 Å². The van der Waals surface area contributed by atoms with Gasteiger partial charge in [-0.05, 0) is 77.7 Å². The number of halogens is 1. The van der Waals surface area contributed by atoms with Gasteiger partial charge < -0.3 is 24.2 Å². The van der Waals surface area contributed by atoms with E-state index in [0.29, 0.717) is 30.9 Å². The van der Waals surface area contributed by atoms with Crippen molar-refractivity contribution in [3.63, 3.8) is 0 Å². The van der Waals surface area contributed by atoms with E-state index < -0.39 is 12.3 Å². The van der Waals surface area contributed by atoms with Gasteiger partial charge in [-0.2, -0.15) is 0 Å². The van der Waals surface area contributed by atoms with Gasteiger partial charge in [0, 0.05) is 66.6 Å². The van der Waals surface area contributed by atoms with Crippen LogP contribution in [-0.2, 0) is 4.74 Å². The van der Waals surface area contributed by atoms with Crippen LogP contribution in [0.2, 0.25) is 0 Å². The molecule has 2 saturated heterocycles. The molecule has 0 N–H and O–H groups in total. The minimum atomic E-state index is -1.48. The molecule has 2 fully saturated rings. The number of benzene rings is 1. The van der Waals surface area contributed by atoms with Crippen LogP contribution in [0.1, 0.15) is 67.0 Å². The Morgan fingerprint density at radius 1 is 1.23 bits per heavy atom. The average molecular weight is 602 g/mol. The number of carbonyl (C=O) groups is 1. The number of aromatic nitrogens is 3. The van der Waals surface area contributed by atoms with Crippen LogP contribution < -0.4 is 9.64 Å². The summed E-state index contributed by atoms with van der Waals surface area (Å²) in [7, 11) is 3.34. The number of hydrogen-bond acceptors (Lipinski definition) is 9. The van der Waals surface area contributed by atoms with Crippen LogP contribution in [-0.4, -0.2) is 114 Å². The Morgan fingerprint density at radius 3 is 2.67 bits per heavy atom. The SMILES string of the molecule is [2H]C([2H])(COC)N(C)CCCC(C(C)C)N1CC2(CCN(c3ncnnc3Oc3ccc(F)cc3C(=O)N(CC)C(C)C)C2)C1. The summed E-state index contributed by atoms with van der Waals surface area (Å²) >= 11 is 0. The normalized spacial score (nSPS) is 18.3. The summed E-state index contributed by atoms with van der Waals surface area (Å²) in [5.74, 6) is 0.629. The fraction of sp³-hybridized carbons (Fsp3) is 0.688. The number of carbonyl (C=O) groups excluding carboxylic acids is 1. The average Bonchev–Trinajstić information content (AvgIpc) is 3.41. The largest absolute Gasteiger partial charge is 0.434 e. The van der Waals surface area contributed by atoms with Gasteiger partial charge in [0.05, 0.1) is 12.2 Å². The standard InChI is InChI=1S/C32H50FN7O3/c1-8-40(24(4)5)31(41)26-18-25(33)11-12-28(26)43-30-29(34-22-35-36-30)38-15-13-32(19-38)20-39(21-32)27(23(2)3)10-9-14-37(6)16-17-42-7/h11-12,18,22-24,27H,8-10,13-17,19-21H2,1-7H3/i16D2. The number of anilines is 1. The van der Waals surface area contributed by atoms with E-state index >= 15 is 0 Å². The smallest absolute Gasteiger partial charge is 0.282 e. The van der Waals surface area contributed by atoms with E-state index in [0.717, 1.165) is 45.4 Å². The maximum Gasteiger partial charge on any atom is 0.282 e. The molecule has 1 aromatic carbocycles. The van der Waals surface area contributed by atoms with Gasteiger partial charge in [0.15, 0.2) is 5.82 Å². The fourth-order valence-electron chi connectivity index (χ4n) is 6.45. The number of methoxy groups -OCH3 is 1. The number of likely N-dealkylation sites (N-methyl/N-ethyl adjacent to an activating group) is 1. The maximum absolute atomic E-state index is 14.3. The first-order chi connectivity index (χ1) is 21.3. The summed E-state index contributed by atoms with van der Waals surface area (Å²) in [5, 5.41) is 8.18. The minimum Gasteiger partial charge on any atom is -0.434 e. The first-order valence-corrected chi connectivity index (χ1v) is 15.5. The fourth-order valence-corrected chi connectivity index (χ4v) is 6.45. The molecule has 0 radical (unpaired) electrons. The van der Waals surface area contributed by atoms with Crippen molar-refractivity contribution < 1.29 is 21.4 Å². The molecule has 1 amide bonds. The van der Waals surface area contributed by atoms with Crippen LogP contribution in [0.25, 0.3) is 0 Å². The molecule has 2 aliphatic rings. The third kappa shape index (κ3) is 7.99. The van der Waals surface area contributed by atoms with Crippen LogP contribution in [0.15, 0.2) is 24.5 Å². The van der Waals surface area contributed by atoms with Crippen molar-refractivity contribution in [1.29, 1.82) is 0 Å². The van der Waals surface area contributed by atoms with Crippen molar-refractivity contribution in [3.05, 3.63) is 35.9 Å². The lowest BCUT2D eigenvalue weighted by atomic mass is 9.76. The Hall–Kier alpha value is -2.89. The van der Waals surface area contributed by atoms with E-state index in [2.05, 4.69) is 38.8 Å². The van der Waals surface area contributed by atoms with Crippen molar-refractivity contribution >= 4 is 11.7 Å². The molecule has 238 valence electrons. The summed E-state index contributed by atoms with van der Waals surface area (Å²) in [6, 6.07) is 4.31. The molecular formula is C32H50FN7O3. The molecule has 4 rings (SSSR count). The zero-order valence-electron chi connectivity index (χ0n) is 28.8. The molecule has 10 nitrogen and oxygen atoms in total. The third-order valence-electron chi connectivity index (χ3n) is 8.70. The van der Waals surface area contributed by atoms with Crippen molar-refractivity contribution in [2.45, 2.75) is 66.0 Å². The molecule has 2 aliphatic heterocycles. The first kappa shape index (κ1) is 30.1. The van der Waals surface area contributed by atoms with E-state index in [9.17, 15) is 9.18 Å². The van der Waals surface area contributed by atoms with Gasteiger partial charge >= 0.3 is 0 Å². The molecule has 2 aromatic rings. The predicted molar refractivity (Wildman–Crippen MR) is 166 cm³/mol. The Morgan fingerprint density at radius 2 is 2.00 bits per heavy atom. The highest BCUT2D eigenvalue weighted by Crippen LogP contribution is 2.44. The van der Waals surface area contributed by atoms with Gasteiger partial charge in [0.25, 0.3) is 11.8 Å². The summed E-state index contributed by atoms with van der Waals surface area (Å²) in [4.78, 5) is 26.0. The Labute approximate surface area is 259 Å². The molecule has 1 spiro atoms. The zero-order chi connectivity index (χ0) is 32.9. The Balaban J connectivity index is 1.41. The van der Waals surface area contributed by atoms with E-state index in [-0.39, 0.29) is 41.2 Å². The van der Waals surface area contributed by atoms with Gasteiger partial charge in [-0.25, -0.2) is 9.37 Å². The molecule has 3 heterocycles. The van der Waals surface area contributed by atoms with Crippen LogP contribution in [0.3, 0.4) is 0 Å². The van der Waals surface area contributed by atoms with Crippen molar-refractivity contribution in [1.82, 2.24) is 29.9 Å². The predicted octanol–water partition coefficient (Wildman–Crippen LogP) is 4.57. The minimum absolute atomic E-state index is 0.0512. The van der Waals surface area contributed by atoms with Gasteiger partial charge in [0.2, 0.25) is 0 Å². The van der Waals surface area contributed by atoms with Crippen LogP contribution >= 0.6 is 0 Å². The van der Waals surface area contributed by atoms with Crippen LogP contribution in [0, 0.1) is 17.2 Å². The highest BCUT2D eigenvalue weighted by Gasteiger charge is 2.50. The summed E-state index contributed by atoms with van der Waals surface area (Å²) in [6.45, 7) is 13.5. The number of likely N-dealkylation sites (tertiary alicyclic amines) is 1. The molecule has 1 aromatic heterocycles. The van der Waals surface area contributed by atoms with Crippen molar-refractivity contribution in [2.24, 2.45) is 11.3 Å². The topological polar surface area (TPSA) is 87.2 Å². The van der Waals surface area contributed by atoms with Gasteiger partial charge in [-0.15, -0.1) is 10.2 Å². The number of hydrogen-bond donors (Lipinski definition) is 0. The van der Waals surface area contributed by atoms with Crippen LogP contribution in [0.5, 0.6) is 11.6 Å². The first-order valence-electron chi connectivity index (χ1n) is 16.5. The second kappa shape index (κ2) is 14.7. The molecular weight excluding hydrogens is 549 g/mol. The quantitative estimate of drug-likeness (QED) is 0.291. The number of nitrogens with zero attached hydrogens (tertiary/aromatic N) is 7. The molecule has 0 saturated carbocycles. The second-order valence-electron chi connectivity index (χ2n) is 12.6. The Bertz CT molecular complexity index is 1300. The van der Waals surface area contributed by atoms with E-state index in [4.69, 9.17) is 12.2 Å². The molecule has 0 aliphatic carbocycles. The molecule has 0 bridgehead atoms. The lowest BCUT2D eigenvalue weighted by molar-refractivity contribution is -0.0345. The lowest BCUT2D eigenvalue weighted by Gasteiger charge is -2.53. The third-order valence-corrected chi connectivity index (χ3v) is 8.70. The number of amides is 1. The highest BCUT2D eigenvalue weighted by molar-refractivity contribution is 5.97. The van der Waals surface area contributed by atoms with E-state index in [1.165, 1.54) is 31.6 Å². The lowest BCUT2D eigenvalue weighted by Crippen LogP contribution is -2.62. The zero-order valence-corrected chi connectivity index (χ0v) is 26.8. The summed E-state index contributed by atoms with van der Waals surface area (Å²) < 4.78 is 41.9. The second-order valence-corrected chi connectivity index (χ2v) is 12.6. The Kier molecular flexibility index (Phi) is 10.3. The van der Waals surface area contributed by atoms with Gasteiger partial charge in [-0.3, -0.25) is 9.69 Å². The molecule has 11 heteroatoms. The molecule has 43 heavy (non-hydrogen) atoms. The molecule has 1 atom stereocenters. The van der Waals surface area contributed by atoms with Crippen LogP contribution in [0.4, 0.5) is 10.2 Å². The monoisotopic (exact) mass is 601 g/mol. The number of rotatable bonds is 15.